The minimum Gasteiger partial charge on any atom is -0.477 e. The number of rotatable bonds is 4. The number of carbonyl (C=O) groups is 1. The zero-order valence-electron chi connectivity index (χ0n) is 19.6. The van der Waals surface area contributed by atoms with Gasteiger partial charge in [-0.25, -0.2) is 4.79 Å². The summed E-state index contributed by atoms with van der Waals surface area (Å²) in [6, 6.07) is 33.3. The van der Waals surface area contributed by atoms with Gasteiger partial charge in [-0.3, -0.25) is 0 Å². The summed E-state index contributed by atoms with van der Waals surface area (Å²) in [5.74, 6) is -1.21. The molecule has 0 unspecified atom stereocenters. The topological polar surface area (TPSA) is 69.3 Å². The van der Waals surface area contributed by atoms with E-state index in [9.17, 15) is 9.90 Å². The van der Waals surface area contributed by atoms with Crippen molar-refractivity contribution in [3.8, 4) is 11.8 Å². The number of carboxylic acid groups (broad SMARTS) is 1. The molecule has 5 heteroatoms. The van der Waals surface area contributed by atoms with Gasteiger partial charge in [0, 0.05) is 34.4 Å². The van der Waals surface area contributed by atoms with Crippen molar-refractivity contribution in [3.63, 3.8) is 0 Å². The van der Waals surface area contributed by atoms with E-state index >= 15 is 0 Å². The van der Waals surface area contributed by atoms with Crippen LogP contribution in [0.15, 0.2) is 96.6 Å². The summed E-state index contributed by atoms with van der Waals surface area (Å²) in [4.78, 5) is 13.5. The quantitative estimate of drug-likeness (QED) is 0.231. The van der Waals surface area contributed by atoms with Gasteiger partial charge in [0.2, 0.25) is 0 Å². The summed E-state index contributed by atoms with van der Waals surface area (Å²) in [6.07, 6.45) is 3.35. The Morgan fingerprint density at radius 2 is 1.50 bits per heavy atom. The Hall–Kier alpha value is -4.82. The molecule has 0 aliphatic carbocycles. The third-order valence-corrected chi connectivity index (χ3v) is 6.88. The average molecular weight is 470 g/mol. The summed E-state index contributed by atoms with van der Waals surface area (Å²) >= 11 is 0. The number of benzene rings is 4. The molecule has 0 fully saturated rings. The Morgan fingerprint density at radius 1 is 0.861 bits per heavy atom. The summed E-state index contributed by atoms with van der Waals surface area (Å²) in [7, 11) is 0. The van der Waals surface area contributed by atoms with Gasteiger partial charge in [0.05, 0.1) is 11.0 Å². The first-order valence-corrected chi connectivity index (χ1v) is 12.0. The molecule has 1 aliphatic heterocycles. The SMILES string of the molecule is N#CC(=Cc1ccc2c(c1)CCCN2c1ccc(-n2c3ccccc3c3ccccc32)cc1)C(=O)O. The third-order valence-electron chi connectivity index (χ3n) is 6.88. The number of carboxylic acids is 1. The minimum absolute atomic E-state index is 0.261. The smallest absolute Gasteiger partial charge is 0.346 e. The number of hydrogen-bond donors (Lipinski definition) is 1. The molecule has 0 amide bonds. The van der Waals surface area contributed by atoms with Gasteiger partial charge >= 0.3 is 5.97 Å². The maximum Gasteiger partial charge on any atom is 0.346 e. The first kappa shape index (κ1) is 21.7. The molecule has 6 rings (SSSR count). The Labute approximate surface area is 208 Å². The van der Waals surface area contributed by atoms with Crippen LogP contribution < -0.4 is 4.90 Å². The molecule has 0 atom stereocenters. The van der Waals surface area contributed by atoms with Gasteiger partial charge in [-0.2, -0.15) is 5.26 Å². The van der Waals surface area contributed by atoms with Crippen molar-refractivity contribution >= 4 is 45.2 Å². The number of aromatic nitrogens is 1. The number of aliphatic carboxylic acids is 1. The van der Waals surface area contributed by atoms with Gasteiger partial charge in [-0.1, -0.05) is 42.5 Å². The predicted octanol–water partition coefficient (Wildman–Crippen LogP) is 6.86. The van der Waals surface area contributed by atoms with Gasteiger partial charge in [0.15, 0.2) is 0 Å². The fourth-order valence-corrected chi connectivity index (χ4v) is 5.27. The average Bonchev–Trinajstić information content (AvgIpc) is 3.25. The molecular weight excluding hydrogens is 446 g/mol. The molecular formula is C31H23N3O2. The molecule has 2 heterocycles. The van der Waals surface area contributed by atoms with Crippen LogP contribution >= 0.6 is 0 Å². The number of hydrogen-bond acceptors (Lipinski definition) is 3. The predicted molar refractivity (Wildman–Crippen MR) is 144 cm³/mol. The van der Waals surface area contributed by atoms with Crippen LogP contribution in [0.1, 0.15) is 17.5 Å². The fraction of sp³-hybridized carbons (Fsp3) is 0.0968. The van der Waals surface area contributed by atoms with Crippen molar-refractivity contribution in [2.24, 2.45) is 0 Å². The molecule has 5 nitrogen and oxygen atoms in total. The van der Waals surface area contributed by atoms with Crippen LogP contribution in [0.5, 0.6) is 0 Å². The van der Waals surface area contributed by atoms with E-state index in [1.165, 1.54) is 27.9 Å². The maximum absolute atomic E-state index is 11.2. The van der Waals surface area contributed by atoms with E-state index in [1.54, 1.807) is 6.07 Å². The van der Waals surface area contributed by atoms with Gasteiger partial charge < -0.3 is 14.6 Å². The van der Waals surface area contributed by atoms with Crippen LogP contribution in [0, 0.1) is 11.3 Å². The second kappa shape index (κ2) is 8.75. The number of nitriles is 1. The summed E-state index contributed by atoms with van der Waals surface area (Å²) in [5, 5.41) is 20.7. The van der Waals surface area contributed by atoms with E-state index in [4.69, 9.17) is 5.26 Å². The van der Waals surface area contributed by atoms with Crippen molar-refractivity contribution in [1.29, 1.82) is 5.26 Å². The van der Waals surface area contributed by atoms with Gasteiger partial charge in [-0.05, 0) is 78.6 Å². The Bertz CT molecular complexity index is 1650. The largest absolute Gasteiger partial charge is 0.477 e. The van der Waals surface area contributed by atoms with Gasteiger partial charge in [-0.15, -0.1) is 0 Å². The normalized spacial score (nSPS) is 13.5. The highest BCUT2D eigenvalue weighted by atomic mass is 16.4. The number of para-hydroxylation sites is 2. The van der Waals surface area contributed by atoms with E-state index in [-0.39, 0.29) is 5.57 Å². The second-order valence-corrected chi connectivity index (χ2v) is 9.00. The highest BCUT2D eigenvalue weighted by molar-refractivity contribution is 6.09. The summed E-state index contributed by atoms with van der Waals surface area (Å²) in [6.45, 7) is 0.912. The van der Waals surface area contributed by atoms with E-state index in [2.05, 4.69) is 82.3 Å². The van der Waals surface area contributed by atoms with E-state index in [0.717, 1.165) is 47.6 Å². The van der Waals surface area contributed by atoms with Crippen LogP contribution in [0.2, 0.25) is 0 Å². The first-order valence-electron chi connectivity index (χ1n) is 12.0. The van der Waals surface area contributed by atoms with Crippen molar-refractivity contribution in [3.05, 3.63) is 108 Å². The lowest BCUT2D eigenvalue weighted by atomic mass is 9.97. The van der Waals surface area contributed by atoms with E-state index < -0.39 is 5.97 Å². The lowest BCUT2D eigenvalue weighted by Gasteiger charge is -2.32. The minimum atomic E-state index is -1.21. The van der Waals surface area contributed by atoms with Gasteiger partial charge in [0.1, 0.15) is 11.6 Å². The van der Waals surface area contributed by atoms with Crippen molar-refractivity contribution in [1.82, 2.24) is 4.57 Å². The fourth-order valence-electron chi connectivity index (χ4n) is 5.27. The Morgan fingerprint density at radius 3 is 2.14 bits per heavy atom. The molecule has 0 radical (unpaired) electrons. The third kappa shape index (κ3) is 3.60. The second-order valence-electron chi connectivity index (χ2n) is 9.00. The molecule has 1 N–H and O–H groups in total. The summed E-state index contributed by atoms with van der Waals surface area (Å²) < 4.78 is 2.31. The first-order chi connectivity index (χ1) is 17.6. The van der Waals surface area contributed by atoms with Crippen LogP contribution in [-0.2, 0) is 11.2 Å². The van der Waals surface area contributed by atoms with E-state index in [1.807, 2.05) is 18.2 Å². The van der Waals surface area contributed by atoms with Crippen LogP contribution in [0.4, 0.5) is 11.4 Å². The highest BCUT2D eigenvalue weighted by Crippen LogP contribution is 2.36. The Kier molecular flexibility index (Phi) is 5.28. The lowest BCUT2D eigenvalue weighted by molar-refractivity contribution is -0.132. The number of anilines is 2. The summed E-state index contributed by atoms with van der Waals surface area (Å²) in [5.41, 5.74) is 7.36. The number of fused-ring (bicyclic) bond motifs is 4. The lowest BCUT2D eigenvalue weighted by Crippen LogP contribution is -2.24. The molecule has 5 aromatic rings. The molecule has 0 spiro atoms. The monoisotopic (exact) mass is 469 g/mol. The van der Waals surface area contributed by atoms with Crippen molar-refractivity contribution in [2.45, 2.75) is 12.8 Å². The standard InChI is InChI=1S/C31H23N3O2/c32-20-23(31(35)36)19-21-11-16-28-22(18-21)6-5-17-33(28)24-12-14-25(15-13-24)34-29-9-3-1-7-26(29)27-8-2-4-10-30(27)34/h1-4,7-16,18-19H,5-6,17H2,(H,35,36). The molecule has 1 aromatic heterocycles. The molecule has 174 valence electrons. The molecule has 36 heavy (non-hydrogen) atoms. The zero-order valence-corrected chi connectivity index (χ0v) is 19.6. The van der Waals surface area contributed by atoms with Crippen molar-refractivity contribution in [2.75, 3.05) is 11.4 Å². The molecule has 1 aliphatic rings. The number of aryl methyl sites for hydroxylation is 1. The Balaban J connectivity index is 1.37. The molecule has 4 aromatic carbocycles. The maximum atomic E-state index is 11.2. The van der Waals surface area contributed by atoms with Crippen LogP contribution in [-0.4, -0.2) is 22.2 Å². The van der Waals surface area contributed by atoms with Crippen molar-refractivity contribution < 1.29 is 9.90 Å². The molecule has 0 saturated heterocycles. The molecule has 0 saturated carbocycles. The van der Waals surface area contributed by atoms with E-state index in [0.29, 0.717) is 0 Å². The van der Waals surface area contributed by atoms with Gasteiger partial charge in [0.25, 0.3) is 0 Å². The highest BCUT2D eigenvalue weighted by Gasteiger charge is 2.19. The van der Waals surface area contributed by atoms with Crippen LogP contribution in [0.25, 0.3) is 33.6 Å². The molecule has 0 bridgehead atoms. The zero-order chi connectivity index (χ0) is 24.6. The van der Waals surface area contributed by atoms with Crippen LogP contribution in [0.3, 0.4) is 0 Å². The number of nitrogens with zero attached hydrogens (tertiary/aromatic N) is 3.